The van der Waals surface area contributed by atoms with Crippen LogP contribution in [0.1, 0.15) is 44.0 Å². The minimum absolute atomic E-state index is 0.0682. The van der Waals surface area contributed by atoms with Crippen molar-refractivity contribution in [3.63, 3.8) is 0 Å². The van der Waals surface area contributed by atoms with Crippen molar-refractivity contribution in [2.75, 3.05) is 18.8 Å². The van der Waals surface area contributed by atoms with Gasteiger partial charge in [0.05, 0.1) is 0 Å². The number of nitrogens with zero attached hydrogens (tertiary/aromatic N) is 1. The van der Waals surface area contributed by atoms with Gasteiger partial charge in [-0.25, -0.2) is 4.79 Å². The molecule has 1 heterocycles. The number of carbonyl (C=O) groups excluding carboxylic acids is 2. The summed E-state index contributed by atoms with van der Waals surface area (Å²) in [5.41, 5.74) is 6.29. The second kappa shape index (κ2) is 6.89. The average molecular weight is 319 g/mol. The summed E-state index contributed by atoms with van der Waals surface area (Å²) in [6.07, 6.45) is 1.36. The van der Waals surface area contributed by atoms with Crippen LogP contribution < -0.4 is 11.1 Å². The van der Waals surface area contributed by atoms with E-state index in [0.29, 0.717) is 24.3 Å². The molecule has 0 unspecified atom stereocenters. The molecule has 0 radical (unpaired) electrons. The molecule has 6 heteroatoms. The van der Waals surface area contributed by atoms with E-state index in [9.17, 15) is 9.59 Å². The highest BCUT2D eigenvalue weighted by molar-refractivity contribution is 5.94. The molecule has 1 aliphatic heterocycles. The van der Waals surface area contributed by atoms with Crippen LogP contribution >= 0.6 is 0 Å². The number of anilines is 1. The van der Waals surface area contributed by atoms with Gasteiger partial charge >= 0.3 is 6.09 Å². The van der Waals surface area contributed by atoms with Gasteiger partial charge in [0.2, 0.25) is 0 Å². The van der Waals surface area contributed by atoms with E-state index in [-0.39, 0.29) is 18.0 Å². The molecule has 23 heavy (non-hydrogen) atoms. The molecule has 0 aliphatic carbocycles. The summed E-state index contributed by atoms with van der Waals surface area (Å²) in [7, 11) is 0. The molecule has 0 aromatic heterocycles. The van der Waals surface area contributed by atoms with Crippen LogP contribution in [-0.2, 0) is 4.74 Å². The van der Waals surface area contributed by atoms with Crippen molar-refractivity contribution in [1.29, 1.82) is 0 Å². The third-order valence-electron chi connectivity index (χ3n) is 3.58. The summed E-state index contributed by atoms with van der Waals surface area (Å²) in [4.78, 5) is 26.0. The SMILES string of the molecule is CC(C)(C)OC(=O)N1CCC[C@@H](NC(=O)c2ccc(N)cc2)C1. The molecular weight excluding hydrogens is 294 g/mol. The Morgan fingerprint density at radius 3 is 2.52 bits per heavy atom. The summed E-state index contributed by atoms with van der Waals surface area (Å²) in [6, 6.07) is 6.71. The number of likely N-dealkylation sites (tertiary alicyclic amines) is 1. The maximum Gasteiger partial charge on any atom is 0.410 e. The first-order valence-corrected chi connectivity index (χ1v) is 7.89. The van der Waals surface area contributed by atoms with Gasteiger partial charge in [-0.15, -0.1) is 0 Å². The Morgan fingerprint density at radius 1 is 1.26 bits per heavy atom. The predicted molar refractivity (Wildman–Crippen MR) is 89.1 cm³/mol. The number of nitrogen functional groups attached to an aromatic ring is 1. The Morgan fingerprint density at radius 2 is 1.91 bits per heavy atom. The Bertz CT molecular complexity index is 563. The highest BCUT2D eigenvalue weighted by atomic mass is 16.6. The summed E-state index contributed by atoms with van der Waals surface area (Å²) < 4.78 is 5.39. The molecule has 2 rings (SSSR count). The van der Waals surface area contributed by atoms with Gasteiger partial charge in [0.1, 0.15) is 5.60 Å². The minimum Gasteiger partial charge on any atom is -0.444 e. The van der Waals surface area contributed by atoms with E-state index in [4.69, 9.17) is 10.5 Å². The monoisotopic (exact) mass is 319 g/mol. The number of hydrogen-bond acceptors (Lipinski definition) is 4. The largest absolute Gasteiger partial charge is 0.444 e. The number of amides is 2. The molecule has 3 N–H and O–H groups in total. The fraction of sp³-hybridized carbons (Fsp3) is 0.529. The van der Waals surface area contributed by atoms with Crippen molar-refractivity contribution >= 4 is 17.7 Å². The third-order valence-corrected chi connectivity index (χ3v) is 3.58. The second-order valence-electron chi connectivity index (χ2n) is 6.86. The average Bonchev–Trinajstić information content (AvgIpc) is 2.46. The number of rotatable bonds is 2. The van der Waals surface area contributed by atoms with Crippen molar-refractivity contribution in [3.8, 4) is 0 Å². The maximum absolute atomic E-state index is 12.2. The van der Waals surface area contributed by atoms with Gasteiger partial charge in [-0.3, -0.25) is 4.79 Å². The lowest BCUT2D eigenvalue weighted by Crippen LogP contribution is -2.50. The van der Waals surface area contributed by atoms with Crippen LogP contribution in [0.15, 0.2) is 24.3 Å². The van der Waals surface area contributed by atoms with Crippen LogP contribution in [0.4, 0.5) is 10.5 Å². The van der Waals surface area contributed by atoms with Crippen LogP contribution in [0.25, 0.3) is 0 Å². The predicted octanol–water partition coefficient (Wildman–Crippen LogP) is 2.40. The lowest BCUT2D eigenvalue weighted by atomic mass is 10.1. The van der Waals surface area contributed by atoms with Gasteiger partial charge in [-0.2, -0.15) is 0 Å². The molecule has 126 valence electrons. The Hall–Kier alpha value is -2.24. The van der Waals surface area contributed by atoms with Gasteiger partial charge in [0, 0.05) is 30.4 Å². The highest BCUT2D eigenvalue weighted by Gasteiger charge is 2.28. The maximum atomic E-state index is 12.2. The molecule has 1 aliphatic rings. The third kappa shape index (κ3) is 5.16. The molecule has 1 fully saturated rings. The van der Waals surface area contributed by atoms with Crippen LogP contribution in [0.5, 0.6) is 0 Å². The topological polar surface area (TPSA) is 84.7 Å². The first-order chi connectivity index (χ1) is 10.7. The van der Waals surface area contributed by atoms with Crippen LogP contribution in [-0.4, -0.2) is 41.6 Å². The quantitative estimate of drug-likeness (QED) is 0.820. The highest BCUT2D eigenvalue weighted by Crippen LogP contribution is 2.16. The molecule has 1 saturated heterocycles. The molecule has 2 amide bonds. The zero-order valence-electron chi connectivity index (χ0n) is 14.0. The Balaban J connectivity index is 1.92. The molecule has 0 bridgehead atoms. The van der Waals surface area contributed by atoms with Crippen molar-refractivity contribution < 1.29 is 14.3 Å². The first-order valence-electron chi connectivity index (χ1n) is 7.89. The summed E-state index contributed by atoms with van der Waals surface area (Å²) in [6.45, 7) is 6.65. The van der Waals surface area contributed by atoms with Crippen molar-refractivity contribution in [3.05, 3.63) is 29.8 Å². The Kier molecular flexibility index (Phi) is 5.13. The van der Waals surface area contributed by atoms with Crippen LogP contribution in [0.2, 0.25) is 0 Å². The van der Waals surface area contributed by atoms with E-state index < -0.39 is 5.60 Å². The molecule has 0 saturated carbocycles. The molecule has 1 aromatic rings. The van der Waals surface area contributed by atoms with E-state index in [1.54, 1.807) is 29.2 Å². The van der Waals surface area contributed by atoms with Gasteiger partial charge < -0.3 is 20.7 Å². The zero-order chi connectivity index (χ0) is 17.0. The van der Waals surface area contributed by atoms with Gasteiger partial charge in [-0.1, -0.05) is 0 Å². The number of hydrogen-bond donors (Lipinski definition) is 2. The van der Waals surface area contributed by atoms with Crippen molar-refractivity contribution in [2.45, 2.75) is 45.3 Å². The lowest BCUT2D eigenvalue weighted by molar-refractivity contribution is 0.0185. The normalized spacial score (nSPS) is 18.4. The summed E-state index contributed by atoms with van der Waals surface area (Å²) in [5.74, 6) is -0.152. The van der Waals surface area contributed by atoms with Gasteiger partial charge in [-0.05, 0) is 57.9 Å². The van der Waals surface area contributed by atoms with Gasteiger partial charge in [0.25, 0.3) is 5.91 Å². The number of ether oxygens (including phenoxy) is 1. The van der Waals surface area contributed by atoms with Crippen molar-refractivity contribution in [1.82, 2.24) is 10.2 Å². The first kappa shape index (κ1) is 17.1. The fourth-order valence-corrected chi connectivity index (χ4v) is 2.49. The van der Waals surface area contributed by atoms with E-state index in [2.05, 4.69) is 5.32 Å². The fourth-order valence-electron chi connectivity index (χ4n) is 2.49. The zero-order valence-corrected chi connectivity index (χ0v) is 14.0. The van der Waals surface area contributed by atoms with E-state index >= 15 is 0 Å². The molecule has 0 spiro atoms. The molecule has 1 aromatic carbocycles. The van der Waals surface area contributed by atoms with Gasteiger partial charge in [0.15, 0.2) is 0 Å². The minimum atomic E-state index is -0.517. The van der Waals surface area contributed by atoms with E-state index in [1.165, 1.54) is 0 Å². The van der Waals surface area contributed by atoms with E-state index in [0.717, 1.165) is 12.8 Å². The van der Waals surface area contributed by atoms with E-state index in [1.807, 2.05) is 20.8 Å². The number of nitrogens with two attached hydrogens (primary N) is 1. The number of benzene rings is 1. The lowest BCUT2D eigenvalue weighted by Gasteiger charge is -2.34. The number of carbonyl (C=O) groups is 2. The molecule has 1 atom stereocenters. The summed E-state index contributed by atoms with van der Waals surface area (Å²) in [5, 5.41) is 2.97. The standard InChI is InChI=1S/C17H25N3O3/c1-17(2,3)23-16(22)20-10-4-5-14(11-20)19-15(21)12-6-8-13(18)9-7-12/h6-9,14H,4-5,10-11,18H2,1-3H3,(H,19,21)/t14-/m1/s1. The molecular formula is C17H25N3O3. The summed E-state index contributed by atoms with van der Waals surface area (Å²) >= 11 is 0. The second-order valence-corrected chi connectivity index (χ2v) is 6.86. The van der Waals surface area contributed by atoms with Crippen LogP contribution in [0.3, 0.4) is 0 Å². The van der Waals surface area contributed by atoms with Crippen molar-refractivity contribution in [2.24, 2.45) is 0 Å². The van der Waals surface area contributed by atoms with Crippen LogP contribution in [0, 0.1) is 0 Å². The Labute approximate surface area is 137 Å². The number of nitrogens with one attached hydrogen (secondary N) is 1. The molecule has 6 nitrogen and oxygen atoms in total. The smallest absolute Gasteiger partial charge is 0.410 e. The number of piperidine rings is 1.